The van der Waals surface area contributed by atoms with E-state index in [1.54, 1.807) is 0 Å². The van der Waals surface area contributed by atoms with Gasteiger partial charge in [0.2, 0.25) is 0 Å². The minimum atomic E-state index is 0.780. The quantitative estimate of drug-likeness (QED) is 0.838. The average molecular weight is 228 g/mol. The maximum atomic E-state index is 5.61. The standard InChI is InChI=1S/C15H20N2/c16-9-3-4-13-11-17(10-12-7-8-12)15-6-2-1-5-14(13)15/h1-2,5-6,11-12H,3-4,7-10,16H2. The Morgan fingerprint density at radius 3 is 2.82 bits per heavy atom. The molecule has 1 aromatic carbocycles. The normalized spacial score (nSPS) is 15.6. The van der Waals surface area contributed by atoms with Gasteiger partial charge in [-0.1, -0.05) is 18.2 Å². The Balaban J connectivity index is 1.96. The Morgan fingerprint density at radius 2 is 2.06 bits per heavy atom. The molecule has 17 heavy (non-hydrogen) atoms. The molecule has 1 aliphatic carbocycles. The maximum absolute atomic E-state index is 5.61. The van der Waals surface area contributed by atoms with E-state index in [4.69, 9.17) is 5.73 Å². The van der Waals surface area contributed by atoms with Crippen LogP contribution >= 0.6 is 0 Å². The van der Waals surface area contributed by atoms with E-state index >= 15 is 0 Å². The van der Waals surface area contributed by atoms with E-state index in [2.05, 4.69) is 35.0 Å². The van der Waals surface area contributed by atoms with E-state index in [1.807, 2.05) is 0 Å². The fourth-order valence-electron chi connectivity index (χ4n) is 2.54. The molecule has 3 rings (SSSR count). The van der Waals surface area contributed by atoms with Crippen molar-refractivity contribution >= 4 is 10.9 Å². The lowest BCUT2D eigenvalue weighted by molar-refractivity contribution is 0.644. The van der Waals surface area contributed by atoms with E-state index in [0.29, 0.717) is 0 Å². The molecule has 0 radical (unpaired) electrons. The second-order valence-corrected chi connectivity index (χ2v) is 5.16. The summed E-state index contributed by atoms with van der Waals surface area (Å²) in [4.78, 5) is 0. The van der Waals surface area contributed by atoms with Gasteiger partial charge in [0.1, 0.15) is 0 Å². The van der Waals surface area contributed by atoms with Gasteiger partial charge in [-0.05, 0) is 49.8 Å². The fraction of sp³-hybridized carbons (Fsp3) is 0.467. The summed E-state index contributed by atoms with van der Waals surface area (Å²) in [7, 11) is 0. The zero-order valence-corrected chi connectivity index (χ0v) is 10.2. The van der Waals surface area contributed by atoms with Gasteiger partial charge in [-0.3, -0.25) is 0 Å². The first-order chi connectivity index (χ1) is 8.38. The monoisotopic (exact) mass is 228 g/mol. The summed E-state index contributed by atoms with van der Waals surface area (Å²) in [6.07, 6.45) is 7.35. The Bertz CT molecular complexity index is 509. The molecule has 1 fully saturated rings. The lowest BCUT2D eigenvalue weighted by Gasteiger charge is -2.02. The van der Waals surface area contributed by atoms with E-state index < -0.39 is 0 Å². The van der Waals surface area contributed by atoms with Gasteiger partial charge in [0.05, 0.1) is 0 Å². The molecule has 0 bridgehead atoms. The number of benzene rings is 1. The van der Waals surface area contributed by atoms with E-state index in [9.17, 15) is 0 Å². The molecule has 2 N–H and O–H groups in total. The fourth-order valence-corrected chi connectivity index (χ4v) is 2.54. The van der Waals surface area contributed by atoms with E-state index in [-0.39, 0.29) is 0 Å². The summed E-state index contributed by atoms with van der Waals surface area (Å²) in [6, 6.07) is 8.75. The molecular weight excluding hydrogens is 208 g/mol. The molecule has 2 nitrogen and oxygen atoms in total. The van der Waals surface area contributed by atoms with Crippen LogP contribution in [0.25, 0.3) is 10.9 Å². The Hall–Kier alpha value is -1.28. The van der Waals surface area contributed by atoms with Crippen molar-refractivity contribution in [3.05, 3.63) is 36.0 Å². The van der Waals surface area contributed by atoms with Crippen molar-refractivity contribution in [3.8, 4) is 0 Å². The number of aryl methyl sites for hydroxylation is 1. The highest BCUT2D eigenvalue weighted by Gasteiger charge is 2.22. The lowest BCUT2D eigenvalue weighted by Crippen LogP contribution is -2.00. The van der Waals surface area contributed by atoms with Crippen molar-refractivity contribution in [3.63, 3.8) is 0 Å². The summed E-state index contributed by atoms with van der Waals surface area (Å²) in [5.41, 5.74) is 8.47. The topological polar surface area (TPSA) is 30.9 Å². The van der Waals surface area contributed by atoms with Crippen molar-refractivity contribution in [2.75, 3.05) is 6.54 Å². The summed E-state index contributed by atoms with van der Waals surface area (Å²) < 4.78 is 2.44. The second-order valence-electron chi connectivity index (χ2n) is 5.16. The molecule has 2 aromatic rings. The number of rotatable bonds is 5. The van der Waals surface area contributed by atoms with Gasteiger partial charge < -0.3 is 10.3 Å². The van der Waals surface area contributed by atoms with Gasteiger partial charge in [-0.25, -0.2) is 0 Å². The molecule has 0 aliphatic heterocycles. The van der Waals surface area contributed by atoms with Crippen molar-refractivity contribution in [2.45, 2.75) is 32.2 Å². The van der Waals surface area contributed by atoms with Gasteiger partial charge in [0.15, 0.2) is 0 Å². The van der Waals surface area contributed by atoms with Crippen LogP contribution in [0.4, 0.5) is 0 Å². The molecular formula is C15H20N2. The molecule has 1 aliphatic rings. The van der Waals surface area contributed by atoms with E-state index in [1.165, 1.54) is 35.9 Å². The highest BCUT2D eigenvalue weighted by atomic mass is 15.0. The van der Waals surface area contributed by atoms with Crippen LogP contribution in [0, 0.1) is 5.92 Å². The van der Waals surface area contributed by atoms with Gasteiger partial charge in [-0.15, -0.1) is 0 Å². The van der Waals surface area contributed by atoms with Crippen LogP contribution in [-0.2, 0) is 13.0 Å². The molecule has 0 spiro atoms. The van der Waals surface area contributed by atoms with Gasteiger partial charge in [0.25, 0.3) is 0 Å². The Labute approximate surface area is 102 Å². The van der Waals surface area contributed by atoms with Crippen LogP contribution in [0.5, 0.6) is 0 Å². The Morgan fingerprint density at radius 1 is 1.24 bits per heavy atom. The summed E-state index contributed by atoms with van der Waals surface area (Å²) in [6.45, 7) is 1.98. The van der Waals surface area contributed by atoms with Crippen LogP contribution in [-0.4, -0.2) is 11.1 Å². The van der Waals surface area contributed by atoms with Gasteiger partial charge in [0, 0.05) is 23.6 Å². The highest BCUT2D eigenvalue weighted by Crippen LogP contribution is 2.33. The lowest BCUT2D eigenvalue weighted by atomic mass is 10.1. The van der Waals surface area contributed by atoms with Crippen molar-refractivity contribution in [1.82, 2.24) is 4.57 Å². The van der Waals surface area contributed by atoms with Crippen LogP contribution in [0.2, 0.25) is 0 Å². The first-order valence-electron chi connectivity index (χ1n) is 6.65. The molecule has 1 heterocycles. The number of aromatic nitrogens is 1. The number of nitrogens with two attached hydrogens (primary N) is 1. The third-order valence-electron chi connectivity index (χ3n) is 3.67. The first kappa shape index (κ1) is 10.8. The van der Waals surface area contributed by atoms with Crippen LogP contribution in [0.3, 0.4) is 0 Å². The number of hydrogen-bond donors (Lipinski definition) is 1. The van der Waals surface area contributed by atoms with E-state index in [0.717, 1.165) is 25.3 Å². The van der Waals surface area contributed by atoms with Crippen molar-refractivity contribution in [1.29, 1.82) is 0 Å². The maximum Gasteiger partial charge on any atom is 0.0483 e. The molecule has 0 unspecified atom stereocenters. The van der Waals surface area contributed by atoms with Crippen LogP contribution in [0.1, 0.15) is 24.8 Å². The number of fused-ring (bicyclic) bond motifs is 1. The number of nitrogens with zero attached hydrogens (tertiary/aromatic N) is 1. The molecule has 0 atom stereocenters. The molecule has 0 amide bonds. The summed E-state index contributed by atoms with van der Waals surface area (Å²) in [5.74, 6) is 0.924. The summed E-state index contributed by atoms with van der Waals surface area (Å²) in [5, 5.41) is 1.42. The van der Waals surface area contributed by atoms with Crippen molar-refractivity contribution < 1.29 is 0 Å². The minimum Gasteiger partial charge on any atom is -0.347 e. The smallest absolute Gasteiger partial charge is 0.0483 e. The second kappa shape index (κ2) is 4.53. The predicted molar refractivity (Wildman–Crippen MR) is 72.0 cm³/mol. The van der Waals surface area contributed by atoms with Crippen LogP contribution in [0.15, 0.2) is 30.5 Å². The largest absolute Gasteiger partial charge is 0.347 e. The SMILES string of the molecule is NCCCc1cn(CC2CC2)c2ccccc12. The number of para-hydroxylation sites is 1. The summed E-state index contributed by atoms with van der Waals surface area (Å²) >= 11 is 0. The average Bonchev–Trinajstić information content (AvgIpc) is 3.10. The molecule has 1 saturated carbocycles. The predicted octanol–water partition coefficient (Wildman–Crippen LogP) is 2.94. The molecule has 90 valence electrons. The zero-order valence-electron chi connectivity index (χ0n) is 10.2. The molecule has 2 heteroatoms. The minimum absolute atomic E-state index is 0.780. The third-order valence-corrected chi connectivity index (χ3v) is 3.67. The first-order valence-corrected chi connectivity index (χ1v) is 6.65. The van der Waals surface area contributed by atoms with Gasteiger partial charge >= 0.3 is 0 Å². The van der Waals surface area contributed by atoms with Crippen LogP contribution < -0.4 is 5.73 Å². The third kappa shape index (κ3) is 2.22. The number of hydrogen-bond acceptors (Lipinski definition) is 1. The Kier molecular flexibility index (Phi) is 2.89. The van der Waals surface area contributed by atoms with Gasteiger partial charge in [-0.2, -0.15) is 0 Å². The van der Waals surface area contributed by atoms with Crippen molar-refractivity contribution in [2.24, 2.45) is 11.7 Å². The highest BCUT2D eigenvalue weighted by molar-refractivity contribution is 5.84. The molecule has 0 saturated heterocycles. The zero-order chi connectivity index (χ0) is 11.7. The molecule has 1 aromatic heterocycles.